The van der Waals surface area contributed by atoms with Crippen LogP contribution in [-0.2, 0) is 13.0 Å². The van der Waals surface area contributed by atoms with Crippen LogP contribution in [0.25, 0.3) is 0 Å². The summed E-state index contributed by atoms with van der Waals surface area (Å²) in [6.45, 7) is 3.10. The van der Waals surface area contributed by atoms with Gasteiger partial charge in [-0.1, -0.05) is 6.42 Å². The fourth-order valence-electron chi connectivity index (χ4n) is 4.24. The molecule has 0 spiro atoms. The Labute approximate surface area is 154 Å². The minimum Gasteiger partial charge on any atom is -0.367 e. The first-order chi connectivity index (χ1) is 12.9. The molecule has 2 aromatic rings. The zero-order valence-electron chi connectivity index (χ0n) is 15.3. The second-order valence-corrected chi connectivity index (χ2v) is 7.90. The molecule has 3 aliphatic rings. The van der Waals surface area contributed by atoms with Gasteiger partial charge >= 0.3 is 0 Å². The second kappa shape index (κ2) is 6.85. The Kier molecular flexibility index (Phi) is 4.22. The summed E-state index contributed by atoms with van der Waals surface area (Å²) in [4.78, 5) is 11.3. The highest BCUT2D eigenvalue weighted by Crippen LogP contribution is 2.31. The van der Waals surface area contributed by atoms with Gasteiger partial charge in [-0.3, -0.25) is 0 Å². The third kappa shape index (κ3) is 3.27. The van der Waals surface area contributed by atoms with Gasteiger partial charge in [-0.05, 0) is 38.5 Å². The number of hydrogen-bond acceptors (Lipinski definition) is 6. The Morgan fingerprint density at radius 1 is 0.962 bits per heavy atom. The van der Waals surface area contributed by atoms with Crippen molar-refractivity contribution in [2.45, 2.75) is 69.9 Å². The molecule has 1 aliphatic carbocycles. The predicted molar refractivity (Wildman–Crippen MR) is 100 cm³/mol. The van der Waals surface area contributed by atoms with Gasteiger partial charge in [0.2, 0.25) is 0 Å². The van der Waals surface area contributed by atoms with Crippen LogP contribution < -0.4 is 10.2 Å². The van der Waals surface area contributed by atoms with E-state index in [2.05, 4.69) is 41.0 Å². The molecule has 0 bridgehead atoms. The Hall–Kier alpha value is -2.18. The van der Waals surface area contributed by atoms with Crippen LogP contribution in [0.5, 0.6) is 0 Å². The van der Waals surface area contributed by atoms with Crippen molar-refractivity contribution in [2.24, 2.45) is 0 Å². The molecule has 1 N–H and O–H groups in total. The molecule has 1 saturated heterocycles. The third-order valence-electron chi connectivity index (χ3n) is 5.83. The van der Waals surface area contributed by atoms with Crippen LogP contribution in [0.2, 0.25) is 0 Å². The number of nitrogens with one attached hydrogen (secondary N) is 1. The number of hydrogen-bond donors (Lipinski definition) is 1. The highest BCUT2D eigenvalue weighted by Gasteiger charge is 2.28. The highest BCUT2D eigenvalue weighted by atomic mass is 15.3. The monoisotopic (exact) mass is 353 g/mol. The molecule has 1 saturated carbocycles. The van der Waals surface area contributed by atoms with Crippen molar-refractivity contribution >= 4 is 11.6 Å². The zero-order valence-corrected chi connectivity index (χ0v) is 15.3. The predicted octanol–water partition coefficient (Wildman–Crippen LogP) is 2.75. The van der Waals surface area contributed by atoms with Crippen LogP contribution in [0.3, 0.4) is 0 Å². The van der Waals surface area contributed by atoms with Crippen molar-refractivity contribution in [1.29, 1.82) is 0 Å². The molecule has 0 amide bonds. The van der Waals surface area contributed by atoms with Crippen molar-refractivity contribution in [3.63, 3.8) is 0 Å². The van der Waals surface area contributed by atoms with Crippen molar-refractivity contribution in [2.75, 3.05) is 23.3 Å². The number of fused-ring (bicyclic) bond motifs is 1. The number of anilines is 2. The maximum absolute atomic E-state index is 4.60. The van der Waals surface area contributed by atoms with E-state index in [1.807, 2.05) is 0 Å². The summed E-state index contributed by atoms with van der Waals surface area (Å²) < 4.78 is 2.40. The lowest BCUT2D eigenvalue weighted by Crippen LogP contribution is -2.36. The van der Waals surface area contributed by atoms with Gasteiger partial charge in [-0.2, -0.15) is 0 Å². The number of piperidine rings is 1. The van der Waals surface area contributed by atoms with Crippen LogP contribution in [-0.4, -0.2) is 43.9 Å². The van der Waals surface area contributed by atoms with Crippen molar-refractivity contribution < 1.29 is 0 Å². The molecule has 2 fully saturated rings. The Balaban J connectivity index is 1.34. The van der Waals surface area contributed by atoms with E-state index in [0.29, 0.717) is 12.0 Å². The molecular weight excluding hydrogens is 326 g/mol. The first-order valence-corrected chi connectivity index (χ1v) is 10.1. The summed E-state index contributed by atoms with van der Waals surface area (Å²) in [6, 6.07) is 2.71. The van der Waals surface area contributed by atoms with Crippen molar-refractivity contribution in [3.05, 3.63) is 24.0 Å². The van der Waals surface area contributed by atoms with Gasteiger partial charge in [0.25, 0.3) is 0 Å². The van der Waals surface area contributed by atoms with E-state index in [9.17, 15) is 0 Å². The number of nitrogens with zero attached hydrogens (tertiary/aromatic N) is 6. The molecule has 0 aromatic carbocycles. The van der Waals surface area contributed by atoms with E-state index in [4.69, 9.17) is 0 Å². The fourth-order valence-corrected chi connectivity index (χ4v) is 4.24. The maximum atomic E-state index is 4.60. The van der Waals surface area contributed by atoms with Crippen molar-refractivity contribution in [3.8, 4) is 0 Å². The summed E-state index contributed by atoms with van der Waals surface area (Å²) in [7, 11) is 0. The van der Waals surface area contributed by atoms with Crippen molar-refractivity contribution in [1.82, 2.24) is 24.7 Å². The quantitative estimate of drug-likeness (QED) is 0.911. The minimum absolute atomic E-state index is 0.443. The summed E-state index contributed by atoms with van der Waals surface area (Å²) in [5, 5.41) is 12.6. The molecule has 26 heavy (non-hydrogen) atoms. The van der Waals surface area contributed by atoms with Crippen LogP contribution >= 0.6 is 0 Å². The number of aromatic nitrogens is 5. The van der Waals surface area contributed by atoms with Gasteiger partial charge in [-0.15, -0.1) is 10.2 Å². The largest absolute Gasteiger partial charge is 0.367 e. The molecule has 2 aromatic heterocycles. The Morgan fingerprint density at radius 2 is 1.92 bits per heavy atom. The van der Waals surface area contributed by atoms with E-state index in [-0.39, 0.29) is 0 Å². The van der Waals surface area contributed by atoms with Gasteiger partial charge in [0.1, 0.15) is 29.6 Å². The summed E-state index contributed by atoms with van der Waals surface area (Å²) in [6.07, 6.45) is 11.4. The Morgan fingerprint density at radius 3 is 2.85 bits per heavy atom. The summed E-state index contributed by atoms with van der Waals surface area (Å²) in [5.74, 6) is 4.81. The van der Waals surface area contributed by atoms with Gasteiger partial charge in [-0.25, -0.2) is 9.97 Å². The highest BCUT2D eigenvalue weighted by molar-refractivity contribution is 5.50. The Bertz CT molecular complexity index is 767. The molecular formula is C19H27N7. The van der Waals surface area contributed by atoms with Crippen LogP contribution in [0, 0.1) is 0 Å². The maximum Gasteiger partial charge on any atom is 0.137 e. The standard InChI is InChI=1S/C19H27N7/c1-2-6-17-23-24-19(26(17)10-3-1)14-5-4-9-25(12-14)18-11-16(20-13-21-18)22-15-7-8-15/h11,13-15H,1-10,12H2,(H,20,21,22). The van der Waals surface area contributed by atoms with E-state index in [1.54, 1.807) is 6.33 Å². The van der Waals surface area contributed by atoms with E-state index >= 15 is 0 Å². The van der Waals surface area contributed by atoms with Gasteiger partial charge in [0, 0.05) is 44.1 Å². The lowest BCUT2D eigenvalue weighted by molar-refractivity contribution is 0.463. The zero-order chi connectivity index (χ0) is 17.3. The topological polar surface area (TPSA) is 71.8 Å². The molecule has 0 radical (unpaired) electrons. The van der Waals surface area contributed by atoms with Crippen LogP contribution in [0.1, 0.15) is 62.5 Å². The third-order valence-corrected chi connectivity index (χ3v) is 5.83. The smallest absolute Gasteiger partial charge is 0.137 e. The molecule has 1 unspecified atom stereocenters. The molecule has 7 heteroatoms. The normalized spacial score (nSPS) is 23.4. The summed E-state index contributed by atoms with van der Waals surface area (Å²) >= 11 is 0. The summed E-state index contributed by atoms with van der Waals surface area (Å²) in [5.41, 5.74) is 0. The second-order valence-electron chi connectivity index (χ2n) is 7.90. The van der Waals surface area contributed by atoms with Crippen LogP contribution in [0.4, 0.5) is 11.6 Å². The number of rotatable bonds is 4. The number of aryl methyl sites for hydroxylation is 1. The SMILES string of the molecule is c1nc(NC2CC2)cc(N2CCCC(c3nnc4n3CCCCC4)C2)n1. The molecule has 5 rings (SSSR count). The minimum atomic E-state index is 0.443. The molecule has 4 heterocycles. The van der Waals surface area contributed by atoms with Gasteiger partial charge < -0.3 is 14.8 Å². The molecule has 2 aliphatic heterocycles. The molecule has 138 valence electrons. The molecule has 1 atom stereocenters. The van der Waals surface area contributed by atoms with E-state index in [0.717, 1.165) is 37.7 Å². The first-order valence-electron chi connectivity index (χ1n) is 10.1. The van der Waals surface area contributed by atoms with Crippen LogP contribution in [0.15, 0.2) is 12.4 Å². The van der Waals surface area contributed by atoms with Gasteiger partial charge in [0.15, 0.2) is 0 Å². The lowest BCUT2D eigenvalue weighted by atomic mass is 9.97. The average Bonchev–Trinajstić information content (AvgIpc) is 3.45. The average molecular weight is 353 g/mol. The van der Waals surface area contributed by atoms with E-state index < -0.39 is 0 Å². The van der Waals surface area contributed by atoms with E-state index in [1.165, 1.54) is 56.6 Å². The van der Waals surface area contributed by atoms with Gasteiger partial charge in [0.05, 0.1) is 0 Å². The molecule has 7 nitrogen and oxygen atoms in total. The first kappa shape index (κ1) is 16.0. The lowest BCUT2D eigenvalue weighted by Gasteiger charge is -2.33. The fraction of sp³-hybridized carbons (Fsp3) is 0.684.